The van der Waals surface area contributed by atoms with Crippen LogP contribution in [0.1, 0.15) is 156 Å². The fourth-order valence-corrected chi connectivity index (χ4v) is 13.8. The molecule has 4 fully saturated rings. The van der Waals surface area contributed by atoms with Crippen LogP contribution in [0, 0.1) is 17.3 Å². The van der Waals surface area contributed by atoms with Gasteiger partial charge in [0.2, 0.25) is 11.8 Å². The predicted molar refractivity (Wildman–Crippen MR) is 398 cm³/mol. The van der Waals surface area contributed by atoms with Crippen molar-refractivity contribution in [1.29, 1.82) is 0 Å². The van der Waals surface area contributed by atoms with Crippen molar-refractivity contribution in [2.24, 2.45) is 40.4 Å². The number of carbonyl (C=O) groups is 3. The second-order valence-corrected chi connectivity index (χ2v) is 30.8. The Bertz CT molecular complexity index is 3050. The first kappa shape index (κ1) is 94.5. The molecule has 4 saturated heterocycles. The number of Topliss-reactive ketones (excluding diaryl/α,β-unsaturated/α-hetero) is 1. The van der Waals surface area contributed by atoms with Crippen LogP contribution < -0.4 is 33.8 Å². The maximum absolute atomic E-state index is 15.0. The molecule has 111 heavy (non-hydrogen) atoms. The zero-order valence-electron chi connectivity index (χ0n) is 65.7. The Morgan fingerprint density at radius 3 is 1.26 bits per heavy atom. The number of aliphatic hydroxyl groups excluding tert-OH is 12. The van der Waals surface area contributed by atoms with Crippen LogP contribution in [0.2, 0.25) is 0 Å². The van der Waals surface area contributed by atoms with Gasteiger partial charge in [-0.25, -0.2) is 11.7 Å². The third-order valence-corrected chi connectivity index (χ3v) is 20.3. The van der Waals surface area contributed by atoms with Crippen molar-refractivity contribution in [3.8, 4) is 0 Å². The number of nitrogens with two attached hydrogens (primary N) is 4. The van der Waals surface area contributed by atoms with Gasteiger partial charge in [-0.2, -0.15) is 0 Å². The highest BCUT2D eigenvalue weighted by Gasteiger charge is 2.48. The Morgan fingerprint density at radius 1 is 0.505 bits per heavy atom. The smallest absolute Gasteiger partial charge is 0.217 e. The molecule has 638 valence electrons. The van der Waals surface area contributed by atoms with Crippen molar-refractivity contribution in [3.05, 3.63) is 47.6 Å². The molecule has 2 aromatic heterocycles. The molecular weight excluding hydrogens is 1460 g/mol. The molecule has 6 rings (SSSR count). The van der Waals surface area contributed by atoms with E-state index in [1.54, 1.807) is 35.6 Å². The summed E-state index contributed by atoms with van der Waals surface area (Å²) in [5.41, 5.74) is 15.0. The number of ketones is 1. The highest BCUT2D eigenvalue weighted by Crippen LogP contribution is 2.31. The van der Waals surface area contributed by atoms with E-state index in [0.717, 1.165) is 19.3 Å². The third kappa shape index (κ3) is 30.6. The fraction of sp³-hybridized carbons (Fsp3) is 0.847. The minimum absolute atomic E-state index is 0.0270. The van der Waals surface area contributed by atoms with Crippen LogP contribution in [0.25, 0.3) is 0 Å². The number of rotatable bonds is 51. The van der Waals surface area contributed by atoms with E-state index in [9.17, 15) is 75.7 Å². The van der Waals surface area contributed by atoms with E-state index in [4.69, 9.17) is 61.0 Å². The molecule has 4 aliphatic heterocycles. The number of ether oxygens (including phenoxy) is 8. The van der Waals surface area contributed by atoms with Gasteiger partial charge in [0.15, 0.2) is 30.9 Å². The summed E-state index contributed by atoms with van der Waals surface area (Å²) in [6, 6.07) is -2.80. The molecule has 0 aromatic carbocycles. The van der Waals surface area contributed by atoms with Crippen molar-refractivity contribution >= 4 is 17.6 Å². The first-order valence-electron chi connectivity index (χ1n) is 39.1. The van der Waals surface area contributed by atoms with Gasteiger partial charge in [0.05, 0.1) is 56.1 Å². The van der Waals surface area contributed by atoms with Gasteiger partial charge in [-0.15, -0.1) is 10.2 Å². The Balaban J connectivity index is 1.12. The maximum Gasteiger partial charge on any atom is 0.217 e. The number of nitrogens with one attached hydrogen (secondary N) is 2. The number of carbonyl (C=O) groups excluding carboxylic acids is 3. The lowest BCUT2D eigenvalue weighted by Gasteiger charge is -2.42. The first-order valence-corrected chi connectivity index (χ1v) is 39.1. The predicted octanol–water partition coefficient (Wildman–Crippen LogP) is -3.94. The van der Waals surface area contributed by atoms with Crippen molar-refractivity contribution in [2.75, 3.05) is 85.6 Å². The molecule has 0 radical (unpaired) electrons. The molecule has 39 heteroatoms. The van der Waals surface area contributed by atoms with E-state index in [1.165, 1.54) is 23.9 Å². The Labute approximate surface area is 650 Å². The Kier molecular flexibility index (Phi) is 41.0. The number of hydrogen-bond donors (Lipinski definition) is 18. The first-order chi connectivity index (χ1) is 52.9. The molecule has 0 bridgehead atoms. The number of unbranched alkanes of at least 4 members (excludes halogenated alkanes) is 9. The second kappa shape index (κ2) is 48.2. The summed E-state index contributed by atoms with van der Waals surface area (Å²) in [5, 5.41) is 149. The molecule has 4 aliphatic rings. The van der Waals surface area contributed by atoms with Crippen molar-refractivity contribution in [3.63, 3.8) is 0 Å². The molecule has 6 heterocycles. The minimum atomic E-state index is -1.44. The number of amides is 2. The summed E-state index contributed by atoms with van der Waals surface area (Å²) in [6.45, 7) is 13.9. The molecule has 39 nitrogen and oxygen atoms in total. The maximum atomic E-state index is 15.0. The summed E-state index contributed by atoms with van der Waals surface area (Å²) in [6.07, 6.45) is -1.78. The van der Waals surface area contributed by atoms with Gasteiger partial charge < -0.3 is 131 Å². The lowest BCUT2D eigenvalue weighted by atomic mass is 9.84. The number of hydrogen-bond acceptors (Lipinski definition) is 35. The quantitative estimate of drug-likeness (QED) is 0.0171. The van der Waals surface area contributed by atoms with Crippen LogP contribution in [0.4, 0.5) is 0 Å². The zero-order valence-corrected chi connectivity index (χ0v) is 65.7. The molecular formula is C72H132N16O23. The number of aryl methyl sites for hydroxylation is 2. The summed E-state index contributed by atoms with van der Waals surface area (Å²) in [7, 11) is 0. The van der Waals surface area contributed by atoms with Crippen LogP contribution in [0.3, 0.4) is 0 Å². The van der Waals surface area contributed by atoms with Gasteiger partial charge >= 0.3 is 0 Å². The van der Waals surface area contributed by atoms with Crippen molar-refractivity contribution < 1.29 is 114 Å². The fourth-order valence-electron chi connectivity index (χ4n) is 13.8. The summed E-state index contributed by atoms with van der Waals surface area (Å²) in [5.74, 6) is 11.1. The lowest BCUT2D eigenvalue weighted by molar-refractivity contribution is -0.282. The minimum Gasteiger partial charge on any atom is -0.400 e. The highest BCUT2D eigenvalue weighted by molar-refractivity contribution is 5.88. The van der Waals surface area contributed by atoms with Gasteiger partial charge in [0.1, 0.15) is 73.1 Å². The Morgan fingerprint density at radius 2 is 0.865 bits per heavy atom. The summed E-state index contributed by atoms with van der Waals surface area (Å²) >= 11 is 0. The van der Waals surface area contributed by atoms with Gasteiger partial charge in [-0.1, -0.05) is 51.5 Å². The van der Waals surface area contributed by atoms with Crippen molar-refractivity contribution in [1.82, 2.24) is 60.4 Å². The monoisotopic (exact) mass is 1590 g/mol. The van der Waals surface area contributed by atoms with E-state index in [0.29, 0.717) is 152 Å². The number of hydrazine groups is 2. The van der Waals surface area contributed by atoms with E-state index >= 15 is 0 Å². The molecule has 22 N–H and O–H groups in total. The molecule has 0 saturated carbocycles. The van der Waals surface area contributed by atoms with Crippen molar-refractivity contribution in [2.45, 2.75) is 287 Å². The molecule has 2 amide bonds. The zero-order chi connectivity index (χ0) is 81.5. The van der Waals surface area contributed by atoms with Gasteiger partial charge in [0, 0.05) is 146 Å². The van der Waals surface area contributed by atoms with Gasteiger partial charge in [0.25, 0.3) is 0 Å². The van der Waals surface area contributed by atoms with Gasteiger partial charge in [-0.3, -0.25) is 33.5 Å². The third-order valence-electron chi connectivity index (χ3n) is 20.3. The molecule has 21 atom stereocenters. The molecule has 0 aliphatic carbocycles. The lowest BCUT2D eigenvalue weighted by Crippen LogP contribution is -2.64. The van der Waals surface area contributed by atoms with Crippen LogP contribution in [-0.2, 0) is 78.5 Å². The topological polar surface area (TPSA) is 570 Å². The summed E-state index contributed by atoms with van der Waals surface area (Å²) in [4.78, 5) is 43.0. The van der Waals surface area contributed by atoms with Crippen LogP contribution in [0.15, 0.2) is 36.2 Å². The van der Waals surface area contributed by atoms with Crippen LogP contribution in [-0.4, -0.2) is 331 Å². The van der Waals surface area contributed by atoms with E-state index in [-0.39, 0.29) is 38.6 Å². The van der Waals surface area contributed by atoms with E-state index < -0.39 is 172 Å². The van der Waals surface area contributed by atoms with Crippen LogP contribution >= 0.6 is 0 Å². The largest absolute Gasteiger partial charge is 0.400 e. The number of aliphatic hydroxyl groups is 12. The highest BCUT2D eigenvalue weighted by atomic mass is 16.7. The number of aromatic nitrogens is 6. The summed E-state index contributed by atoms with van der Waals surface area (Å²) < 4.78 is 50.0. The standard InChI is InChI=1S/C72H132N16O23/c1-44-59(95)61(97)53(40-89)108-68(44)104-28-20-10-15-26-87-38-50(79-81-87)36-83(32-48(73)34-85(75)24-13-8-18-30-106-70-57(77-46(3)93)65(101)63(99)55(42-91)110-70)23-17-12-22-52(67(103)72(5,6)7)84(37-51-39-88(82-80-51)27-16-11-21-29-105-69-45(2)60(96)62(98)54(41-90)109-69)33-49(74)35-86(76)25-14-9-19-31-107-71-58(78-47(4)94)66(102)64(100)56(43-92)111-71/h34-35,38-39,44-45,52-66,68-71,89-92,95-102H,8-33,36-37,40-43,73-76H2,1-7H3,(H,77,93)(H,78,94)/b48-34-,49-35-/t44-,45-,52+,53-,54-,55-,56-,57-,58-,59-,60-,61+,62+,63+,64+,65-,66-,68-,69-,70-,71-/m1/s1. The van der Waals surface area contributed by atoms with Crippen LogP contribution in [0.5, 0.6) is 0 Å². The second-order valence-electron chi connectivity index (χ2n) is 30.8. The average Bonchev–Trinajstić information content (AvgIpc) is 1.21. The van der Waals surface area contributed by atoms with E-state index in [2.05, 4.69) is 36.2 Å². The molecule has 0 spiro atoms. The van der Waals surface area contributed by atoms with E-state index in [1.807, 2.05) is 38.1 Å². The Hall–Kier alpha value is -5.39. The molecule has 2 aromatic rings. The normalized spacial score (nSPS) is 29.3. The number of nitrogens with zero attached hydrogens (tertiary/aromatic N) is 10. The average molecular weight is 1590 g/mol. The molecule has 0 unspecified atom stereocenters. The SMILES string of the molecule is CC(=O)N[C@H]1[C@H](OCCCCCN(N)/C=C(\N)CN(CCCC[C@@H](C(=O)C(C)(C)C)N(C/C(N)=C/N(N)CCCCCO[C@@H]2O[C@H](CO)[C@H](O)[C@H](O)[C@H]2NC(C)=O)Cc2cn(CCCCCO[C@@H]3O[C@H](CO)[C@H](O)[C@H](O)[C@H]3C)nn2)Cc2cn(CCCCCO[C@@H]3O[C@H](CO)[C@H](O)[C@H](O)[C@H]3C)nn2)O[C@H](CO)[C@H](O)[C@@H]1O. The van der Waals surface area contributed by atoms with Gasteiger partial charge in [-0.05, 0) is 96.4 Å².